The van der Waals surface area contributed by atoms with Crippen LogP contribution < -0.4 is 10.5 Å². The second kappa shape index (κ2) is 7.85. The van der Waals surface area contributed by atoms with Crippen LogP contribution in [0.1, 0.15) is 31.7 Å². The summed E-state index contributed by atoms with van der Waals surface area (Å²) in [6.07, 6.45) is 2.99. The number of aliphatic carboxylic acids is 1. The molecule has 1 aliphatic heterocycles. The molecule has 22 heavy (non-hydrogen) atoms. The highest BCUT2D eigenvalue weighted by atomic mass is 32.2. The Morgan fingerprint density at radius 2 is 2.36 bits per heavy atom. The third kappa shape index (κ3) is 5.19. The molecule has 5 nitrogen and oxygen atoms in total. The van der Waals surface area contributed by atoms with Crippen LogP contribution in [-0.2, 0) is 15.3 Å². The summed E-state index contributed by atoms with van der Waals surface area (Å²) < 4.78 is 11.4. The molecule has 1 heterocycles. The number of benzene rings is 1. The monoisotopic (exact) mass is 325 g/mol. The van der Waals surface area contributed by atoms with E-state index in [1.54, 1.807) is 0 Å². The first kappa shape index (κ1) is 17.1. The van der Waals surface area contributed by atoms with Gasteiger partial charge in [-0.05, 0) is 37.5 Å². The van der Waals surface area contributed by atoms with Crippen LogP contribution >= 0.6 is 11.8 Å². The minimum Gasteiger partial charge on any atom is -0.480 e. The SMILES string of the molecule is CC(N)(CSCc1cccc(OC2CCCCO2)c1)C(=O)O. The summed E-state index contributed by atoms with van der Waals surface area (Å²) in [5, 5.41) is 8.99. The van der Waals surface area contributed by atoms with Crippen LogP contribution in [0.5, 0.6) is 5.75 Å². The molecule has 0 bridgehead atoms. The molecule has 1 fully saturated rings. The quantitative estimate of drug-likeness (QED) is 0.802. The van der Waals surface area contributed by atoms with Crippen molar-refractivity contribution >= 4 is 17.7 Å². The molecular weight excluding hydrogens is 302 g/mol. The highest BCUT2D eigenvalue weighted by molar-refractivity contribution is 7.98. The molecule has 2 unspecified atom stereocenters. The molecule has 122 valence electrons. The van der Waals surface area contributed by atoms with Crippen LogP contribution in [0.2, 0.25) is 0 Å². The number of hydrogen-bond acceptors (Lipinski definition) is 5. The molecule has 1 aromatic carbocycles. The molecule has 1 aromatic rings. The second-order valence-electron chi connectivity index (χ2n) is 5.78. The summed E-state index contributed by atoms with van der Waals surface area (Å²) in [6, 6.07) is 7.82. The zero-order valence-electron chi connectivity index (χ0n) is 12.8. The zero-order chi connectivity index (χ0) is 16.0. The summed E-state index contributed by atoms with van der Waals surface area (Å²) >= 11 is 1.50. The third-order valence-corrected chi connectivity index (χ3v) is 4.80. The van der Waals surface area contributed by atoms with E-state index < -0.39 is 11.5 Å². The average Bonchev–Trinajstić information content (AvgIpc) is 2.48. The number of thioether (sulfide) groups is 1. The van der Waals surface area contributed by atoms with Crippen LogP contribution in [0.15, 0.2) is 24.3 Å². The van der Waals surface area contributed by atoms with Gasteiger partial charge in [0.05, 0.1) is 6.61 Å². The molecule has 0 aromatic heterocycles. The molecule has 2 rings (SSSR count). The van der Waals surface area contributed by atoms with E-state index in [1.807, 2.05) is 24.3 Å². The summed E-state index contributed by atoms with van der Waals surface area (Å²) in [4.78, 5) is 11.0. The molecule has 0 aliphatic carbocycles. The largest absolute Gasteiger partial charge is 0.480 e. The van der Waals surface area contributed by atoms with Gasteiger partial charge < -0.3 is 20.3 Å². The number of carboxylic acid groups (broad SMARTS) is 1. The van der Waals surface area contributed by atoms with Gasteiger partial charge in [0.15, 0.2) is 6.29 Å². The van der Waals surface area contributed by atoms with Crippen LogP contribution in [-0.4, -0.2) is 35.3 Å². The topological polar surface area (TPSA) is 81.8 Å². The van der Waals surface area contributed by atoms with E-state index in [2.05, 4.69) is 0 Å². The molecule has 0 spiro atoms. The number of nitrogens with two attached hydrogens (primary N) is 1. The standard InChI is InChI=1S/C16H23NO4S/c1-16(17,15(18)19)11-22-10-12-5-4-6-13(9-12)21-14-7-2-3-8-20-14/h4-6,9,14H,2-3,7-8,10-11,17H2,1H3,(H,18,19). The van der Waals surface area contributed by atoms with Gasteiger partial charge in [-0.2, -0.15) is 11.8 Å². The Hall–Kier alpha value is -1.24. The molecular formula is C16H23NO4S. The fourth-order valence-electron chi connectivity index (χ4n) is 2.11. The number of carboxylic acids is 1. The fraction of sp³-hybridized carbons (Fsp3) is 0.562. The summed E-state index contributed by atoms with van der Waals surface area (Å²) in [5.74, 6) is 0.868. The first-order chi connectivity index (χ1) is 10.5. The molecule has 1 aliphatic rings. The Bertz CT molecular complexity index is 501. The molecule has 0 amide bonds. The van der Waals surface area contributed by atoms with Gasteiger partial charge in [0.25, 0.3) is 0 Å². The Balaban J connectivity index is 1.84. The Morgan fingerprint density at radius 3 is 3.05 bits per heavy atom. The van der Waals surface area contributed by atoms with Crippen molar-refractivity contribution in [1.82, 2.24) is 0 Å². The number of rotatable bonds is 7. The van der Waals surface area contributed by atoms with Gasteiger partial charge in [-0.1, -0.05) is 12.1 Å². The lowest BCUT2D eigenvalue weighted by atomic mass is 10.1. The maximum atomic E-state index is 11.0. The van der Waals surface area contributed by atoms with Gasteiger partial charge in [0, 0.05) is 17.9 Å². The molecule has 2 atom stereocenters. The van der Waals surface area contributed by atoms with Crippen LogP contribution in [0, 0.1) is 0 Å². The highest BCUT2D eigenvalue weighted by Gasteiger charge is 2.27. The number of hydrogen-bond donors (Lipinski definition) is 2. The molecule has 0 saturated carbocycles. The Kier molecular flexibility index (Phi) is 6.11. The fourth-order valence-corrected chi connectivity index (χ4v) is 3.17. The molecule has 0 radical (unpaired) electrons. The minimum atomic E-state index is -1.20. The Labute approximate surface area is 135 Å². The van der Waals surface area contributed by atoms with E-state index in [-0.39, 0.29) is 6.29 Å². The normalized spacial score (nSPS) is 21.1. The van der Waals surface area contributed by atoms with Gasteiger partial charge >= 0.3 is 5.97 Å². The van der Waals surface area contributed by atoms with Crippen molar-refractivity contribution < 1.29 is 19.4 Å². The van der Waals surface area contributed by atoms with Crippen molar-refractivity contribution in [2.75, 3.05) is 12.4 Å². The lowest BCUT2D eigenvalue weighted by Crippen LogP contribution is -2.47. The van der Waals surface area contributed by atoms with Crippen molar-refractivity contribution in [3.8, 4) is 5.75 Å². The first-order valence-electron chi connectivity index (χ1n) is 7.44. The van der Waals surface area contributed by atoms with Crippen LogP contribution in [0.3, 0.4) is 0 Å². The number of carbonyl (C=O) groups is 1. The molecule has 3 N–H and O–H groups in total. The van der Waals surface area contributed by atoms with Gasteiger partial charge in [-0.15, -0.1) is 0 Å². The lowest BCUT2D eigenvalue weighted by molar-refractivity contribution is -0.141. The maximum Gasteiger partial charge on any atom is 0.324 e. The van der Waals surface area contributed by atoms with E-state index in [0.717, 1.165) is 37.2 Å². The zero-order valence-corrected chi connectivity index (χ0v) is 13.6. The summed E-state index contributed by atoms with van der Waals surface area (Å²) in [6.45, 7) is 2.28. The van der Waals surface area contributed by atoms with Crippen molar-refractivity contribution in [1.29, 1.82) is 0 Å². The number of ether oxygens (including phenoxy) is 2. The van der Waals surface area contributed by atoms with Crippen molar-refractivity contribution in [3.63, 3.8) is 0 Å². The van der Waals surface area contributed by atoms with Gasteiger partial charge in [0.2, 0.25) is 0 Å². The highest BCUT2D eigenvalue weighted by Crippen LogP contribution is 2.23. The average molecular weight is 325 g/mol. The van der Waals surface area contributed by atoms with Crippen molar-refractivity contribution in [2.24, 2.45) is 5.73 Å². The van der Waals surface area contributed by atoms with E-state index in [1.165, 1.54) is 18.7 Å². The van der Waals surface area contributed by atoms with E-state index >= 15 is 0 Å². The summed E-state index contributed by atoms with van der Waals surface area (Å²) in [5.41, 5.74) is 5.60. The van der Waals surface area contributed by atoms with Gasteiger partial charge in [-0.3, -0.25) is 4.79 Å². The van der Waals surface area contributed by atoms with Crippen molar-refractivity contribution in [3.05, 3.63) is 29.8 Å². The van der Waals surface area contributed by atoms with Crippen molar-refractivity contribution in [2.45, 2.75) is 43.8 Å². The maximum absolute atomic E-state index is 11.0. The molecule has 6 heteroatoms. The smallest absolute Gasteiger partial charge is 0.324 e. The van der Waals surface area contributed by atoms with Crippen LogP contribution in [0.4, 0.5) is 0 Å². The summed E-state index contributed by atoms with van der Waals surface area (Å²) in [7, 11) is 0. The van der Waals surface area contributed by atoms with E-state index in [9.17, 15) is 4.79 Å². The minimum absolute atomic E-state index is 0.156. The van der Waals surface area contributed by atoms with Gasteiger partial charge in [0.1, 0.15) is 11.3 Å². The Morgan fingerprint density at radius 1 is 1.55 bits per heavy atom. The molecule has 1 saturated heterocycles. The lowest BCUT2D eigenvalue weighted by Gasteiger charge is -2.23. The van der Waals surface area contributed by atoms with Crippen LogP contribution in [0.25, 0.3) is 0 Å². The van der Waals surface area contributed by atoms with E-state index in [0.29, 0.717) is 11.5 Å². The van der Waals surface area contributed by atoms with Gasteiger partial charge in [-0.25, -0.2) is 0 Å². The third-order valence-electron chi connectivity index (χ3n) is 3.46. The predicted molar refractivity (Wildman–Crippen MR) is 87.1 cm³/mol. The first-order valence-corrected chi connectivity index (χ1v) is 8.60. The predicted octanol–water partition coefficient (Wildman–Crippen LogP) is 2.63. The van der Waals surface area contributed by atoms with E-state index in [4.69, 9.17) is 20.3 Å². The second-order valence-corrected chi connectivity index (χ2v) is 6.76.